The minimum atomic E-state index is 0.369. The van der Waals surface area contributed by atoms with Crippen molar-refractivity contribution in [1.82, 2.24) is 9.38 Å². The molecule has 0 amide bonds. The topological polar surface area (TPSA) is 34.4 Å². The summed E-state index contributed by atoms with van der Waals surface area (Å²) < 4.78 is 1.98. The van der Waals surface area contributed by atoms with E-state index in [2.05, 4.69) is 24.0 Å². The van der Waals surface area contributed by atoms with Crippen LogP contribution in [0.15, 0.2) is 48.7 Å². The maximum Gasteiger partial charge on any atom is 0.137 e. The number of benzene rings is 1. The number of nitrogens with zero attached hydrogens (tertiary/aromatic N) is 2. The van der Waals surface area contributed by atoms with Crippen LogP contribution in [0.5, 0.6) is 0 Å². The van der Waals surface area contributed by atoms with E-state index >= 15 is 0 Å². The van der Waals surface area contributed by atoms with Gasteiger partial charge >= 0.3 is 0 Å². The molecule has 3 heteroatoms. The summed E-state index contributed by atoms with van der Waals surface area (Å²) in [5.41, 5.74) is 4.96. The Morgan fingerprint density at radius 2 is 1.95 bits per heavy atom. The smallest absolute Gasteiger partial charge is 0.137 e. The fraction of sp³-hybridized carbons (Fsp3) is 0.125. The highest BCUT2D eigenvalue weighted by Gasteiger charge is 2.12. The normalized spacial score (nSPS) is 10.8. The Labute approximate surface area is 111 Å². The maximum atomic E-state index is 10.9. The Morgan fingerprint density at radius 3 is 2.68 bits per heavy atom. The summed E-state index contributed by atoms with van der Waals surface area (Å²) in [7, 11) is 0. The van der Waals surface area contributed by atoms with Crippen molar-refractivity contribution in [2.45, 2.75) is 13.3 Å². The summed E-state index contributed by atoms with van der Waals surface area (Å²) >= 11 is 0. The van der Waals surface area contributed by atoms with Gasteiger partial charge in [-0.1, -0.05) is 35.9 Å². The first-order valence-corrected chi connectivity index (χ1v) is 6.26. The van der Waals surface area contributed by atoms with Gasteiger partial charge in [0.25, 0.3) is 0 Å². The Hall–Kier alpha value is -2.42. The molecular weight excluding hydrogens is 236 g/mol. The van der Waals surface area contributed by atoms with Gasteiger partial charge in [-0.2, -0.15) is 0 Å². The molecule has 2 aromatic heterocycles. The summed E-state index contributed by atoms with van der Waals surface area (Å²) in [6, 6.07) is 14.1. The van der Waals surface area contributed by atoms with Crippen LogP contribution in [0.3, 0.4) is 0 Å². The quantitative estimate of drug-likeness (QED) is 0.669. The van der Waals surface area contributed by atoms with E-state index < -0.39 is 0 Å². The third-order valence-electron chi connectivity index (χ3n) is 3.23. The summed E-state index contributed by atoms with van der Waals surface area (Å²) in [4.78, 5) is 15.5. The zero-order chi connectivity index (χ0) is 13.2. The van der Waals surface area contributed by atoms with E-state index in [9.17, 15) is 4.79 Å². The molecule has 0 aliphatic heterocycles. The van der Waals surface area contributed by atoms with Gasteiger partial charge in [0.2, 0.25) is 0 Å². The summed E-state index contributed by atoms with van der Waals surface area (Å²) in [6.07, 6.45) is 3.24. The average Bonchev–Trinajstić information content (AvgIpc) is 2.79. The van der Waals surface area contributed by atoms with Gasteiger partial charge in [-0.25, -0.2) is 4.98 Å². The molecule has 0 spiro atoms. The minimum Gasteiger partial charge on any atom is -0.303 e. The third-order valence-corrected chi connectivity index (χ3v) is 3.23. The number of hydrogen-bond acceptors (Lipinski definition) is 2. The Morgan fingerprint density at radius 1 is 1.16 bits per heavy atom. The first-order valence-electron chi connectivity index (χ1n) is 6.26. The van der Waals surface area contributed by atoms with E-state index in [1.165, 1.54) is 5.56 Å². The number of pyridine rings is 1. The number of aryl methyl sites for hydroxylation is 1. The zero-order valence-electron chi connectivity index (χ0n) is 10.7. The van der Waals surface area contributed by atoms with Crippen molar-refractivity contribution in [1.29, 1.82) is 0 Å². The lowest BCUT2D eigenvalue weighted by atomic mass is 10.1. The summed E-state index contributed by atoms with van der Waals surface area (Å²) in [5, 5.41) is 0. The van der Waals surface area contributed by atoms with Crippen LogP contribution in [0, 0.1) is 6.92 Å². The van der Waals surface area contributed by atoms with Crippen LogP contribution in [0.2, 0.25) is 0 Å². The average molecular weight is 250 g/mol. The van der Waals surface area contributed by atoms with Gasteiger partial charge < -0.3 is 9.20 Å². The lowest BCUT2D eigenvalue weighted by Crippen LogP contribution is -1.95. The third kappa shape index (κ3) is 2.03. The molecular formula is C16H14N2O. The highest BCUT2D eigenvalue weighted by atomic mass is 16.1. The number of aldehydes is 1. The van der Waals surface area contributed by atoms with E-state index in [-0.39, 0.29) is 0 Å². The van der Waals surface area contributed by atoms with Crippen LogP contribution in [-0.4, -0.2) is 15.7 Å². The highest BCUT2D eigenvalue weighted by Crippen LogP contribution is 2.24. The number of carbonyl (C=O) groups is 1. The number of aromatic nitrogens is 2. The van der Waals surface area contributed by atoms with Crippen LogP contribution in [0.1, 0.15) is 11.3 Å². The molecule has 3 nitrogen and oxygen atoms in total. The number of rotatable bonds is 3. The Kier molecular flexibility index (Phi) is 2.88. The van der Waals surface area contributed by atoms with Gasteiger partial charge in [-0.05, 0) is 19.1 Å². The predicted molar refractivity (Wildman–Crippen MR) is 75.1 cm³/mol. The zero-order valence-corrected chi connectivity index (χ0v) is 10.7. The number of imidazole rings is 1. The lowest BCUT2D eigenvalue weighted by Gasteiger charge is -2.02. The largest absolute Gasteiger partial charge is 0.303 e. The van der Waals surface area contributed by atoms with Gasteiger partial charge in [0, 0.05) is 18.2 Å². The first-order chi connectivity index (χ1) is 9.29. The van der Waals surface area contributed by atoms with Crippen LogP contribution >= 0.6 is 0 Å². The fourth-order valence-electron chi connectivity index (χ4n) is 2.26. The molecule has 3 aromatic rings. The molecule has 0 N–H and O–H groups in total. The molecule has 2 heterocycles. The van der Waals surface area contributed by atoms with Gasteiger partial charge in [0.05, 0.1) is 11.4 Å². The van der Waals surface area contributed by atoms with Crippen molar-refractivity contribution < 1.29 is 4.79 Å². The molecule has 0 fully saturated rings. The minimum absolute atomic E-state index is 0.369. The van der Waals surface area contributed by atoms with Gasteiger partial charge in [0.1, 0.15) is 11.9 Å². The molecule has 3 rings (SSSR count). The Bertz CT molecular complexity index is 726. The molecule has 0 saturated carbocycles. The lowest BCUT2D eigenvalue weighted by molar-refractivity contribution is -0.107. The SMILES string of the molecule is Cc1ccc(-c2nc3ccccn3c2CC=O)cc1. The van der Waals surface area contributed by atoms with Crippen molar-refractivity contribution in [3.05, 3.63) is 59.9 Å². The van der Waals surface area contributed by atoms with Crippen molar-refractivity contribution in [2.24, 2.45) is 0 Å². The van der Waals surface area contributed by atoms with E-state index in [0.29, 0.717) is 6.42 Å². The molecule has 0 aliphatic carbocycles. The molecule has 0 bridgehead atoms. The summed E-state index contributed by atoms with van der Waals surface area (Å²) in [5.74, 6) is 0. The standard InChI is InChI=1S/C16H14N2O/c1-12-5-7-13(8-6-12)16-14(9-11-19)18-10-3-2-4-15(18)17-16/h2-8,10-11H,9H2,1H3. The van der Waals surface area contributed by atoms with Gasteiger partial charge in [-0.3, -0.25) is 0 Å². The predicted octanol–water partition coefficient (Wildman–Crippen LogP) is 3.05. The molecule has 94 valence electrons. The molecule has 1 aromatic carbocycles. The monoisotopic (exact) mass is 250 g/mol. The fourth-order valence-corrected chi connectivity index (χ4v) is 2.26. The van der Waals surface area contributed by atoms with E-state index in [1.807, 2.05) is 40.9 Å². The first kappa shape index (κ1) is 11.7. The van der Waals surface area contributed by atoms with Crippen LogP contribution in [0.4, 0.5) is 0 Å². The van der Waals surface area contributed by atoms with Crippen molar-refractivity contribution >= 4 is 11.9 Å². The number of hydrogen-bond donors (Lipinski definition) is 0. The van der Waals surface area contributed by atoms with Crippen molar-refractivity contribution in [3.63, 3.8) is 0 Å². The molecule has 19 heavy (non-hydrogen) atoms. The van der Waals surface area contributed by atoms with Gasteiger partial charge in [0.15, 0.2) is 0 Å². The molecule has 0 unspecified atom stereocenters. The van der Waals surface area contributed by atoms with E-state index in [4.69, 9.17) is 0 Å². The van der Waals surface area contributed by atoms with Crippen molar-refractivity contribution in [2.75, 3.05) is 0 Å². The second-order valence-electron chi connectivity index (χ2n) is 4.57. The van der Waals surface area contributed by atoms with Gasteiger partial charge in [-0.15, -0.1) is 0 Å². The Balaban J connectivity index is 2.24. The number of carbonyl (C=O) groups excluding carboxylic acids is 1. The molecule has 0 saturated heterocycles. The van der Waals surface area contributed by atoms with Crippen LogP contribution < -0.4 is 0 Å². The summed E-state index contributed by atoms with van der Waals surface area (Å²) in [6.45, 7) is 2.06. The molecule has 0 radical (unpaired) electrons. The second kappa shape index (κ2) is 4.69. The van der Waals surface area contributed by atoms with Crippen molar-refractivity contribution in [3.8, 4) is 11.3 Å². The number of fused-ring (bicyclic) bond motifs is 1. The van der Waals surface area contributed by atoms with E-state index in [0.717, 1.165) is 28.9 Å². The second-order valence-corrected chi connectivity index (χ2v) is 4.57. The van der Waals surface area contributed by atoms with E-state index in [1.54, 1.807) is 0 Å². The van der Waals surface area contributed by atoms with Crippen LogP contribution in [0.25, 0.3) is 16.9 Å². The molecule has 0 aliphatic rings. The highest BCUT2D eigenvalue weighted by molar-refractivity contribution is 5.70. The molecule has 0 atom stereocenters. The maximum absolute atomic E-state index is 10.9. The van der Waals surface area contributed by atoms with Crippen LogP contribution in [-0.2, 0) is 11.2 Å².